The molecule has 0 fully saturated rings. The van der Waals surface area contributed by atoms with Gasteiger partial charge in [0.25, 0.3) is 0 Å². The quantitative estimate of drug-likeness (QED) is 0.569. The molecule has 1 aromatic rings. The van der Waals surface area contributed by atoms with Crippen LogP contribution in [-0.2, 0) is 7.05 Å². The summed E-state index contributed by atoms with van der Waals surface area (Å²) in [4.78, 5) is 4.17. The number of unbranched alkanes of at least 4 members (excludes halogenated alkanes) is 1. The average Bonchev–Trinajstić information content (AvgIpc) is 2.63. The maximum atomic E-state index is 4.17. The first-order valence-corrected chi connectivity index (χ1v) is 6.36. The Kier molecular flexibility index (Phi) is 5.71. The van der Waals surface area contributed by atoms with E-state index in [2.05, 4.69) is 22.3 Å². The van der Waals surface area contributed by atoms with Gasteiger partial charge in [0.1, 0.15) is 6.33 Å². The minimum atomic E-state index is 0.629. The van der Waals surface area contributed by atoms with Gasteiger partial charge in [0.05, 0.1) is 0 Å². The van der Waals surface area contributed by atoms with Crippen LogP contribution in [0.25, 0.3) is 0 Å². The number of aryl methyl sites for hydroxylation is 1. The first kappa shape index (κ1) is 12.5. The van der Waals surface area contributed by atoms with Crippen LogP contribution in [0, 0.1) is 0 Å². The lowest BCUT2D eigenvalue weighted by molar-refractivity contribution is 0.538. The lowest BCUT2D eigenvalue weighted by Gasteiger charge is -2.08. The van der Waals surface area contributed by atoms with Crippen molar-refractivity contribution in [3.63, 3.8) is 0 Å². The molecule has 1 heterocycles. The molecule has 86 valence electrons. The first-order chi connectivity index (χ1) is 7.24. The van der Waals surface area contributed by atoms with Crippen LogP contribution >= 0.6 is 11.8 Å². The second-order valence-corrected chi connectivity index (χ2v) is 4.76. The Balaban J connectivity index is 2.05. The molecule has 5 heteroatoms. The van der Waals surface area contributed by atoms with Gasteiger partial charge in [-0.3, -0.25) is 0 Å². The summed E-state index contributed by atoms with van der Waals surface area (Å²) in [5.41, 5.74) is 0. The predicted octanol–water partition coefficient (Wildman–Crippen LogP) is 1.69. The number of rotatable bonds is 7. The summed E-state index contributed by atoms with van der Waals surface area (Å²) in [7, 11) is 3.94. The topological polar surface area (TPSA) is 42.7 Å². The Morgan fingerprint density at radius 2 is 2.33 bits per heavy atom. The molecule has 1 atom stereocenters. The van der Waals surface area contributed by atoms with E-state index in [0.29, 0.717) is 6.04 Å². The lowest BCUT2D eigenvalue weighted by Crippen LogP contribution is -2.20. The second kappa shape index (κ2) is 6.85. The van der Waals surface area contributed by atoms with E-state index >= 15 is 0 Å². The van der Waals surface area contributed by atoms with Crippen molar-refractivity contribution < 1.29 is 0 Å². The summed E-state index contributed by atoms with van der Waals surface area (Å²) in [5.74, 6) is 1.13. The third-order valence-electron chi connectivity index (χ3n) is 2.43. The molecular formula is C10H20N4S. The van der Waals surface area contributed by atoms with E-state index in [1.54, 1.807) is 18.1 Å². The van der Waals surface area contributed by atoms with E-state index in [1.165, 1.54) is 19.3 Å². The van der Waals surface area contributed by atoms with Gasteiger partial charge in [0.2, 0.25) is 0 Å². The number of aromatic nitrogens is 3. The van der Waals surface area contributed by atoms with E-state index in [9.17, 15) is 0 Å². The Morgan fingerprint density at radius 1 is 1.53 bits per heavy atom. The minimum Gasteiger partial charge on any atom is -0.317 e. The molecule has 1 unspecified atom stereocenters. The number of hydrogen-bond acceptors (Lipinski definition) is 4. The summed E-state index contributed by atoms with van der Waals surface area (Å²) in [5, 5.41) is 8.29. The molecule has 0 aromatic carbocycles. The number of nitrogens with zero attached hydrogens (tertiary/aromatic N) is 3. The van der Waals surface area contributed by atoms with Crippen LogP contribution in [0.1, 0.15) is 26.2 Å². The largest absolute Gasteiger partial charge is 0.317 e. The molecule has 0 saturated heterocycles. The molecule has 0 aliphatic rings. The fraction of sp³-hybridized carbons (Fsp3) is 0.800. The van der Waals surface area contributed by atoms with Crippen LogP contribution in [-0.4, -0.2) is 33.6 Å². The Hall–Kier alpha value is -0.550. The van der Waals surface area contributed by atoms with Crippen molar-refractivity contribution in [3.8, 4) is 0 Å². The van der Waals surface area contributed by atoms with Crippen molar-refractivity contribution in [3.05, 3.63) is 6.33 Å². The van der Waals surface area contributed by atoms with E-state index in [4.69, 9.17) is 0 Å². The second-order valence-electron chi connectivity index (χ2n) is 3.70. The molecule has 0 bridgehead atoms. The average molecular weight is 228 g/mol. The third-order valence-corrected chi connectivity index (χ3v) is 3.55. The maximum absolute atomic E-state index is 4.17. The van der Waals surface area contributed by atoms with Gasteiger partial charge < -0.3 is 5.32 Å². The van der Waals surface area contributed by atoms with Crippen molar-refractivity contribution in [2.24, 2.45) is 7.05 Å². The van der Waals surface area contributed by atoms with E-state index in [-0.39, 0.29) is 0 Å². The van der Waals surface area contributed by atoms with Gasteiger partial charge in [-0.05, 0) is 26.8 Å². The molecule has 1 rings (SSSR count). The van der Waals surface area contributed by atoms with Crippen LogP contribution in [0.4, 0.5) is 0 Å². The summed E-state index contributed by atoms with van der Waals surface area (Å²) >= 11 is 1.78. The van der Waals surface area contributed by atoms with Crippen LogP contribution in [0.5, 0.6) is 0 Å². The normalized spacial score (nSPS) is 13.0. The zero-order valence-corrected chi connectivity index (χ0v) is 10.5. The van der Waals surface area contributed by atoms with Crippen LogP contribution in [0.15, 0.2) is 11.5 Å². The highest BCUT2D eigenvalue weighted by molar-refractivity contribution is 7.99. The molecule has 0 aliphatic heterocycles. The fourth-order valence-electron chi connectivity index (χ4n) is 1.28. The summed E-state index contributed by atoms with van der Waals surface area (Å²) in [6.45, 7) is 2.22. The molecule has 0 radical (unpaired) electrons. The van der Waals surface area contributed by atoms with Crippen molar-refractivity contribution in [1.82, 2.24) is 20.1 Å². The smallest absolute Gasteiger partial charge is 0.185 e. The summed E-state index contributed by atoms with van der Waals surface area (Å²) in [6.07, 6.45) is 5.36. The van der Waals surface area contributed by atoms with Crippen molar-refractivity contribution in [1.29, 1.82) is 0 Å². The minimum absolute atomic E-state index is 0.629. The van der Waals surface area contributed by atoms with Gasteiger partial charge >= 0.3 is 0 Å². The third kappa shape index (κ3) is 4.66. The fourth-order valence-corrected chi connectivity index (χ4v) is 2.16. The molecule has 0 saturated carbocycles. The Bertz CT molecular complexity index is 274. The van der Waals surface area contributed by atoms with Crippen LogP contribution < -0.4 is 5.32 Å². The SMILES string of the molecule is CNC(C)CCCCSc1ncnn1C. The number of nitrogens with one attached hydrogen (secondary N) is 1. The molecular weight excluding hydrogens is 208 g/mol. The molecule has 4 nitrogen and oxygen atoms in total. The van der Waals surface area contributed by atoms with Gasteiger partial charge in [-0.2, -0.15) is 5.10 Å². The maximum Gasteiger partial charge on any atom is 0.185 e. The van der Waals surface area contributed by atoms with Crippen molar-refractivity contribution in [2.45, 2.75) is 37.4 Å². The lowest BCUT2D eigenvalue weighted by atomic mass is 10.1. The number of hydrogen-bond donors (Lipinski definition) is 1. The van der Waals surface area contributed by atoms with Gasteiger partial charge in [0, 0.05) is 18.8 Å². The molecule has 0 spiro atoms. The first-order valence-electron chi connectivity index (χ1n) is 5.38. The highest BCUT2D eigenvalue weighted by Gasteiger charge is 2.01. The monoisotopic (exact) mass is 228 g/mol. The van der Waals surface area contributed by atoms with Crippen molar-refractivity contribution in [2.75, 3.05) is 12.8 Å². The Labute approximate surface area is 95.9 Å². The summed E-state index contributed by atoms with van der Waals surface area (Å²) < 4.78 is 1.82. The molecule has 1 N–H and O–H groups in total. The van der Waals surface area contributed by atoms with E-state index in [0.717, 1.165) is 10.9 Å². The van der Waals surface area contributed by atoms with Gasteiger partial charge in [-0.25, -0.2) is 9.67 Å². The van der Waals surface area contributed by atoms with Crippen LogP contribution in [0.3, 0.4) is 0 Å². The van der Waals surface area contributed by atoms with E-state index in [1.807, 2.05) is 18.8 Å². The van der Waals surface area contributed by atoms with Gasteiger partial charge in [-0.15, -0.1) is 0 Å². The molecule has 15 heavy (non-hydrogen) atoms. The summed E-state index contributed by atoms with van der Waals surface area (Å²) in [6, 6.07) is 0.629. The van der Waals surface area contributed by atoms with Crippen molar-refractivity contribution >= 4 is 11.8 Å². The highest BCUT2D eigenvalue weighted by atomic mass is 32.2. The molecule has 0 amide bonds. The zero-order chi connectivity index (χ0) is 11.1. The zero-order valence-electron chi connectivity index (χ0n) is 9.73. The molecule has 0 aliphatic carbocycles. The Morgan fingerprint density at radius 3 is 2.93 bits per heavy atom. The predicted molar refractivity (Wildman–Crippen MR) is 64.1 cm³/mol. The highest BCUT2D eigenvalue weighted by Crippen LogP contribution is 2.15. The molecule has 1 aromatic heterocycles. The number of thioether (sulfide) groups is 1. The standard InChI is InChI=1S/C10H20N4S/c1-9(11-2)6-4-5-7-15-10-12-8-13-14(10)3/h8-9,11H,4-7H2,1-3H3. The van der Waals surface area contributed by atoms with E-state index < -0.39 is 0 Å². The van der Waals surface area contributed by atoms with Gasteiger partial charge in [0.15, 0.2) is 5.16 Å². The van der Waals surface area contributed by atoms with Gasteiger partial charge in [-0.1, -0.05) is 18.2 Å². The van der Waals surface area contributed by atoms with Crippen LogP contribution in [0.2, 0.25) is 0 Å².